The van der Waals surface area contributed by atoms with Crippen LogP contribution in [0.15, 0.2) is 206 Å². The topological polar surface area (TPSA) is 6.48 Å². The standard InChI is InChI=1S/C48H34N2/c1-3-17-40(18-4-1)49(43-29-23-35-13-7-9-15-38(35)33-43)42-27-25-37(26-28-42)45-31-32-48(47-22-12-11-21-46(45)47)50(41-19-5-2-6-20-41)44-30-24-36-14-8-10-16-39(36)34-44/h1-34H. The zero-order valence-corrected chi connectivity index (χ0v) is 27.5. The summed E-state index contributed by atoms with van der Waals surface area (Å²) in [6, 6.07) is 74.1. The van der Waals surface area contributed by atoms with E-state index in [1.54, 1.807) is 0 Å². The third-order valence-electron chi connectivity index (χ3n) is 9.59. The largest absolute Gasteiger partial charge is 0.310 e. The second-order valence-electron chi connectivity index (χ2n) is 12.6. The number of rotatable bonds is 7. The molecule has 0 radical (unpaired) electrons. The van der Waals surface area contributed by atoms with Crippen LogP contribution in [0, 0.1) is 0 Å². The molecule has 0 amide bonds. The Balaban J connectivity index is 1.14. The Morgan fingerprint density at radius 1 is 0.260 bits per heavy atom. The van der Waals surface area contributed by atoms with Crippen LogP contribution >= 0.6 is 0 Å². The molecule has 9 rings (SSSR count). The fourth-order valence-electron chi connectivity index (χ4n) is 7.18. The fraction of sp³-hybridized carbons (Fsp3) is 0. The lowest BCUT2D eigenvalue weighted by Crippen LogP contribution is -2.10. The molecule has 9 aromatic rings. The highest BCUT2D eigenvalue weighted by molar-refractivity contribution is 6.06. The van der Waals surface area contributed by atoms with Gasteiger partial charge in [0.2, 0.25) is 0 Å². The average Bonchev–Trinajstić information content (AvgIpc) is 3.19. The van der Waals surface area contributed by atoms with Crippen LogP contribution in [0.25, 0.3) is 43.4 Å². The van der Waals surface area contributed by atoms with Gasteiger partial charge in [-0.2, -0.15) is 0 Å². The first kappa shape index (κ1) is 29.5. The molecule has 0 heterocycles. The second-order valence-corrected chi connectivity index (χ2v) is 12.6. The Bertz CT molecular complexity index is 2590. The Morgan fingerprint density at radius 3 is 1.30 bits per heavy atom. The first-order valence-electron chi connectivity index (χ1n) is 17.1. The van der Waals surface area contributed by atoms with E-state index in [4.69, 9.17) is 0 Å². The highest BCUT2D eigenvalue weighted by atomic mass is 15.1. The summed E-state index contributed by atoms with van der Waals surface area (Å²) in [5.41, 5.74) is 9.16. The number of para-hydroxylation sites is 2. The first-order chi connectivity index (χ1) is 24.8. The number of benzene rings is 9. The van der Waals surface area contributed by atoms with Crippen molar-refractivity contribution in [2.45, 2.75) is 0 Å². The van der Waals surface area contributed by atoms with Crippen LogP contribution in [0.1, 0.15) is 0 Å². The van der Waals surface area contributed by atoms with Crippen molar-refractivity contribution in [1.82, 2.24) is 0 Å². The highest BCUT2D eigenvalue weighted by Crippen LogP contribution is 2.43. The van der Waals surface area contributed by atoms with Crippen molar-refractivity contribution in [3.63, 3.8) is 0 Å². The van der Waals surface area contributed by atoms with Crippen molar-refractivity contribution < 1.29 is 0 Å². The third-order valence-corrected chi connectivity index (χ3v) is 9.59. The zero-order valence-electron chi connectivity index (χ0n) is 27.5. The van der Waals surface area contributed by atoms with Crippen molar-refractivity contribution in [1.29, 1.82) is 0 Å². The maximum Gasteiger partial charge on any atom is 0.0540 e. The molecule has 0 aliphatic carbocycles. The number of fused-ring (bicyclic) bond motifs is 3. The summed E-state index contributed by atoms with van der Waals surface area (Å²) in [5, 5.41) is 7.34. The predicted molar refractivity (Wildman–Crippen MR) is 214 cm³/mol. The quantitative estimate of drug-likeness (QED) is 0.171. The average molecular weight is 639 g/mol. The van der Waals surface area contributed by atoms with Gasteiger partial charge in [0.1, 0.15) is 0 Å². The fourth-order valence-corrected chi connectivity index (χ4v) is 7.18. The van der Waals surface area contributed by atoms with E-state index in [0.717, 1.165) is 34.1 Å². The van der Waals surface area contributed by atoms with Crippen LogP contribution < -0.4 is 9.80 Å². The van der Waals surface area contributed by atoms with Gasteiger partial charge in [-0.15, -0.1) is 0 Å². The lowest BCUT2D eigenvalue weighted by molar-refractivity contribution is 1.29. The van der Waals surface area contributed by atoms with Crippen LogP contribution in [0.2, 0.25) is 0 Å². The monoisotopic (exact) mass is 638 g/mol. The molecule has 0 aromatic heterocycles. The van der Waals surface area contributed by atoms with Gasteiger partial charge in [-0.05, 0) is 105 Å². The van der Waals surface area contributed by atoms with E-state index in [-0.39, 0.29) is 0 Å². The van der Waals surface area contributed by atoms with Crippen molar-refractivity contribution in [3.05, 3.63) is 206 Å². The Morgan fingerprint density at radius 2 is 0.700 bits per heavy atom. The van der Waals surface area contributed by atoms with Gasteiger partial charge in [0.25, 0.3) is 0 Å². The summed E-state index contributed by atoms with van der Waals surface area (Å²) >= 11 is 0. The molecular formula is C48H34N2. The summed E-state index contributed by atoms with van der Waals surface area (Å²) in [6.45, 7) is 0. The van der Waals surface area contributed by atoms with E-state index in [9.17, 15) is 0 Å². The number of nitrogens with zero attached hydrogens (tertiary/aromatic N) is 2. The van der Waals surface area contributed by atoms with E-state index >= 15 is 0 Å². The van der Waals surface area contributed by atoms with Crippen LogP contribution in [0.4, 0.5) is 34.1 Å². The molecule has 0 aliphatic heterocycles. The van der Waals surface area contributed by atoms with Crippen molar-refractivity contribution in [3.8, 4) is 11.1 Å². The number of hydrogen-bond acceptors (Lipinski definition) is 2. The molecule has 9 aromatic carbocycles. The predicted octanol–water partition coefficient (Wildman–Crippen LogP) is 13.8. The van der Waals surface area contributed by atoms with E-state index < -0.39 is 0 Å². The minimum absolute atomic E-state index is 1.11. The summed E-state index contributed by atoms with van der Waals surface area (Å²) in [5.74, 6) is 0. The van der Waals surface area contributed by atoms with Crippen LogP contribution in [-0.2, 0) is 0 Å². The smallest absolute Gasteiger partial charge is 0.0540 e. The molecular weight excluding hydrogens is 605 g/mol. The normalized spacial score (nSPS) is 11.2. The number of hydrogen-bond donors (Lipinski definition) is 0. The second kappa shape index (κ2) is 12.8. The van der Waals surface area contributed by atoms with Gasteiger partial charge in [-0.25, -0.2) is 0 Å². The molecule has 0 aliphatic rings. The summed E-state index contributed by atoms with van der Waals surface area (Å²) < 4.78 is 0. The Hall–Kier alpha value is -6.64. The van der Waals surface area contributed by atoms with Gasteiger partial charge in [0.05, 0.1) is 5.69 Å². The molecule has 50 heavy (non-hydrogen) atoms. The maximum atomic E-state index is 2.38. The molecule has 0 N–H and O–H groups in total. The van der Waals surface area contributed by atoms with E-state index in [1.807, 2.05) is 0 Å². The molecule has 0 saturated carbocycles. The van der Waals surface area contributed by atoms with E-state index in [1.165, 1.54) is 43.4 Å². The van der Waals surface area contributed by atoms with Crippen molar-refractivity contribution in [2.75, 3.05) is 9.80 Å². The van der Waals surface area contributed by atoms with Crippen LogP contribution in [-0.4, -0.2) is 0 Å². The molecule has 0 spiro atoms. The van der Waals surface area contributed by atoms with Gasteiger partial charge in [-0.3, -0.25) is 0 Å². The molecule has 0 bridgehead atoms. The zero-order chi connectivity index (χ0) is 33.3. The van der Waals surface area contributed by atoms with Gasteiger partial charge in [-0.1, -0.05) is 140 Å². The van der Waals surface area contributed by atoms with Crippen LogP contribution in [0.3, 0.4) is 0 Å². The maximum absolute atomic E-state index is 2.38. The molecule has 0 atom stereocenters. The first-order valence-corrected chi connectivity index (χ1v) is 17.1. The lowest BCUT2D eigenvalue weighted by atomic mass is 9.96. The van der Waals surface area contributed by atoms with E-state index in [2.05, 4.69) is 216 Å². The van der Waals surface area contributed by atoms with E-state index in [0.29, 0.717) is 0 Å². The van der Waals surface area contributed by atoms with Gasteiger partial charge >= 0.3 is 0 Å². The molecule has 2 heteroatoms. The summed E-state index contributed by atoms with van der Waals surface area (Å²) in [7, 11) is 0. The summed E-state index contributed by atoms with van der Waals surface area (Å²) in [4.78, 5) is 4.71. The Labute approximate surface area is 292 Å². The van der Waals surface area contributed by atoms with Crippen molar-refractivity contribution >= 4 is 66.4 Å². The van der Waals surface area contributed by atoms with Gasteiger partial charge < -0.3 is 9.80 Å². The lowest BCUT2D eigenvalue weighted by Gasteiger charge is -2.28. The Kier molecular flexibility index (Phi) is 7.53. The molecule has 0 saturated heterocycles. The molecule has 0 unspecified atom stereocenters. The minimum Gasteiger partial charge on any atom is -0.310 e. The third kappa shape index (κ3) is 5.43. The SMILES string of the molecule is c1ccc(N(c2ccc(-c3ccc(N(c4ccccc4)c4ccc5ccccc5c4)c4ccccc34)cc2)c2ccc3ccccc3c2)cc1. The van der Waals surface area contributed by atoms with Crippen LogP contribution in [0.5, 0.6) is 0 Å². The molecule has 0 fully saturated rings. The number of anilines is 6. The minimum atomic E-state index is 1.11. The van der Waals surface area contributed by atoms with Gasteiger partial charge in [0.15, 0.2) is 0 Å². The molecule has 2 nitrogen and oxygen atoms in total. The van der Waals surface area contributed by atoms with Gasteiger partial charge in [0, 0.05) is 33.8 Å². The highest BCUT2D eigenvalue weighted by Gasteiger charge is 2.18. The van der Waals surface area contributed by atoms with Crippen molar-refractivity contribution in [2.24, 2.45) is 0 Å². The molecule has 236 valence electrons. The summed E-state index contributed by atoms with van der Waals surface area (Å²) in [6.07, 6.45) is 0.